The Bertz CT molecular complexity index is 599. The van der Waals surface area contributed by atoms with Gasteiger partial charge in [0.05, 0.1) is 4.47 Å². The summed E-state index contributed by atoms with van der Waals surface area (Å²) in [5.74, 6) is -0.419. The van der Waals surface area contributed by atoms with Crippen molar-refractivity contribution in [3.8, 4) is 11.6 Å². The molecule has 0 bridgehead atoms. The molecule has 5 heteroatoms. The maximum absolute atomic E-state index is 11.1. The topological polar surface area (TPSA) is 59.4 Å². The van der Waals surface area contributed by atoms with Crippen molar-refractivity contribution in [2.24, 2.45) is 0 Å². The first kappa shape index (κ1) is 12.6. The van der Waals surface area contributed by atoms with E-state index in [0.29, 0.717) is 10.4 Å². The molecule has 0 amide bonds. The summed E-state index contributed by atoms with van der Waals surface area (Å²) >= 11 is 3.29. The van der Waals surface area contributed by atoms with Crippen LogP contribution in [0.3, 0.4) is 0 Å². The van der Waals surface area contributed by atoms with Crippen molar-refractivity contribution in [1.29, 1.82) is 0 Å². The van der Waals surface area contributed by atoms with Crippen LogP contribution in [0, 0.1) is 6.92 Å². The summed E-state index contributed by atoms with van der Waals surface area (Å²) in [6.07, 6.45) is 1.58. The van der Waals surface area contributed by atoms with Crippen LogP contribution in [-0.2, 0) is 0 Å². The van der Waals surface area contributed by atoms with Crippen molar-refractivity contribution < 1.29 is 14.6 Å². The lowest BCUT2D eigenvalue weighted by Crippen LogP contribution is -2.01. The highest BCUT2D eigenvalue weighted by molar-refractivity contribution is 9.10. The van der Waals surface area contributed by atoms with Gasteiger partial charge in [0.25, 0.3) is 0 Å². The first-order chi connectivity index (χ1) is 8.58. The van der Waals surface area contributed by atoms with E-state index in [2.05, 4.69) is 20.9 Å². The summed E-state index contributed by atoms with van der Waals surface area (Å²) in [4.78, 5) is 15.2. The van der Waals surface area contributed by atoms with Gasteiger partial charge in [-0.05, 0) is 47.1 Å². The lowest BCUT2D eigenvalue weighted by atomic mass is 10.1. The number of pyridine rings is 1. The second-order valence-corrected chi connectivity index (χ2v) is 4.55. The predicted molar refractivity (Wildman–Crippen MR) is 70.1 cm³/mol. The predicted octanol–water partition coefficient (Wildman–Crippen LogP) is 3.64. The van der Waals surface area contributed by atoms with E-state index in [1.807, 2.05) is 6.92 Å². The summed E-state index contributed by atoms with van der Waals surface area (Å²) in [7, 11) is 0. The smallest absolute Gasteiger partial charge is 0.339 e. The minimum atomic E-state index is -1.03. The molecule has 0 aliphatic heterocycles. The Labute approximate surface area is 112 Å². The summed E-state index contributed by atoms with van der Waals surface area (Å²) in [5.41, 5.74) is 0.979. The first-order valence-corrected chi connectivity index (χ1v) is 5.99. The zero-order chi connectivity index (χ0) is 13.1. The van der Waals surface area contributed by atoms with E-state index in [-0.39, 0.29) is 11.3 Å². The van der Waals surface area contributed by atoms with Gasteiger partial charge in [0.2, 0.25) is 5.88 Å². The molecule has 92 valence electrons. The van der Waals surface area contributed by atoms with E-state index in [0.717, 1.165) is 5.56 Å². The molecule has 0 saturated heterocycles. The van der Waals surface area contributed by atoms with Gasteiger partial charge in [0, 0.05) is 6.20 Å². The zero-order valence-electron chi connectivity index (χ0n) is 9.55. The minimum Gasteiger partial charge on any atom is -0.478 e. The average molecular weight is 308 g/mol. The van der Waals surface area contributed by atoms with Crippen LogP contribution in [0.25, 0.3) is 0 Å². The second kappa shape index (κ2) is 5.18. The Balaban J connectivity index is 2.41. The molecule has 1 aromatic heterocycles. The van der Waals surface area contributed by atoms with Crippen LogP contribution in [0.15, 0.2) is 41.0 Å². The van der Waals surface area contributed by atoms with Gasteiger partial charge < -0.3 is 9.84 Å². The Kier molecular flexibility index (Phi) is 3.62. The second-order valence-electron chi connectivity index (χ2n) is 3.70. The SMILES string of the molecule is Cc1ccc(Oc2ncccc2Br)c(C(=O)O)c1. The number of carboxylic acid groups (broad SMARTS) is 1. The van der Waals surface area contributed by atoms with Gasteiger partial charge in [0.15, 0.2) is 0 Å². The number of hydrogen-bond acceptors (Lipinski definition) is 3. The number of aromatic carboxylic acids is 1. The molecular formula is C13H10BrNO3. The average Bonchev–Trinajstić information content (AvgIpc) is 2.34. The first-order valence-electron chi connectivity index (χ1n) is 5.20. The molecule has 1 aromatic carbocycles. The summed E-state index contributed by atoms with van der Waals surface area (Å²) in [5, 5.41) is 9.13. The summed E-state index contributed by atoms with van der Waals surface area (Å²) < 4.78 is 6.19. The fourth-order valence-corrected chi connectivity index (χ4v) is 1.79. The molecule has 0 atom stereocenters. The Morgan fingerprint density at radius 1 is 1.39 bits per heavy atom. The van der Waals surface area contributed by atoms with Crippen LogP contribution in [0.2, 0.25) is 0 Å². The molecule has 18 heavy (non-hydrogen) atoms. The van der Waals surface area contributed by atoms with E-state index >= 15 is 0 Å². The quantitative estimate of drug-likeness (QED) is 0.940. The van der Waals surface area contributed by atoms with Crippen LogP contribution in [0.5, 0.6) is 11.6 Å². The number of aryl methyl sites for hydroxylation is 1. The van der Waals surface area contributed by atoms with Gasteiger partial charge >= 0.3 is 5.97 Å². The van der Waals surface area contributed by atoms with Crippen molar-refractivity contribution in [3.63, 3.8) is 0 Å². The molecule has 2 rings (SSSR count). The minimum absolute atomic E-state index is 0.118. The van der Waals surface area contributed by atoms with Crippen molar-refractivity contribution in [1.82, 2.24) is 4.98 Å². The van der Waals surface area contributed by atoms with Crippen molar-refractivity contribution in [2.75, 3.05) is 0 Å². The lowest BCUT2D eigenvalue weighted by molar-refractivity contribution is 0.0694. The molecule has 0 radical (unpaired) electrons. The van der Waals surface area contributed by atoms with Crippen molar-refractivity contribution in [3.05, 3.63) is 52.1 Å². The fraction of sp³-hybridized carbons (Fsp3) is 0.0769. The van der Waals surface area contributed by atoms with Crippen LogP contribution in [0.4, 0.5) is 0 Å². The number of ether oxygens (including phenoxy) is 1. The van der Waals surface area contributed by atoms with Gasteiger partial charge in [-0.15, -0.1) is 0 Å². The van der Waals surface area contributed by atoms with E-state index in [4.69, 9.17) is 9.84 Å². The number of carboxylic acids is 1. The number of carbonyl (C=O) groups is 1. The molecule has 2 aromatic rings. The van der Waals surface area contributed by atoms with Crippen LogP contribution in [-0.4, -0.2) is 16.1 Å². The number of halogens is 1. The Morgan fingerprint density at radius 2 is 2.17 bits per heavy atom. The highest BCUT2D eigenvalue weighted by Gasteiger charge is 2.13. The van der Waals surface area contributed by atoms with Crippen LogP contribution < -0.4 is 4.74 Å². The highest BCUT2D eigenvalue weighted by Crippen LogP contribution is 2.29. The number of aromatic nitrogens is 1. The van der Waals surface area contributed by atoms with E-state index in [1.54, 1.807) is 36.5 Å². The van der Waals surface area contributed by atoms with E-state index in [9.17, 15) is 4.79 Å². The number of hydrogen-bond donors (Lipinski definition) is 1. The fourth-order valence-electron chi connectivity index (χ4n) is 1.45. The maximum Gasteiger partial charge on any atom is 0.339 e. The third-order valence-corrected chi connectivity index (χ3v) is 2.90. The molecule has 0 saturated carbocycles. The molecule has 1 N–H and O–H groups in total. The molecule has 0 unspecified atom stereocenters. The molecule has 1 heterocycles. The number of benzene rings is 1. The van der Waals surface area contributed by atoms with Gasteiger partial charge in [-0.2, -0.15) is 0 Å². The molecule has 0 aliphatic rings. The molecule has 0 spiro atoms. The van der Waals surface area contributed by atoms with Gasteiger partial charge in [-0.1, -0.05) is 11.6 Å². The van der Waals surface area contributed by atoms with Crippen molar-refractivity contribution >= 4 is 21.9 Å². The molecule has 0 aliphatic carbocycles. The van der Waals surface area contributed by atoms with Crippen LogP contribution >= 0.6 is 15.9 Å². The molecule has 4 nitrogen and oxygen atoms in total. The summed E-state index contributed by atoms with van der Waals surface area (Å²) in [6.45, 7) is 1.83. The Hall–Kier alpha value is -1.88. The molecular weight excluding hydrogens is 298 g/mol. The van der Waals surface area contributed by atoms with Gasteiger partial charge in [-0.3, -0.25) is 0 Å². The molecule has 0 fully saturated rings. The monoisotopic (exact) mass is 307 g/mol. The zero-order valence-corrected chi connectivity index (χ0v) is 11.1. The summed E-state index contributed by atoms with van der Waals surface area (Å²) in [6, 6.07) is 8.51. The van der Waals surface area contributed by atoms with Gasteiger partial charge in [-0.25, -0.2) is 9.78 Å². The normalized spacial score (nSPS) is 10.1. The Morgan fingerprint density at radius 3 is 2.83 bits per heavy atom. The van der Waals surface area contributed by atoms with Crippen molar-refractivity contribution in [2.45, 2.75) is 6.92 Å². The maximum atomic E-state index is 11.1. The van der Waals surface area contributed by atoms with E-state index < -0.39 is 5.97 Å². The number of nitrogens with zero attached hydrogens (tertiary/aromatic N) is 1. The highest BCUT2D eigenvalue weighted by atomic mass is 79.9. The van der Waals surface area contributed by atoms with E-state index in [1.165, 1.54) is 0 Å². The van der Waals surface area contributed by atoms with Gasteiger partial charge in [0.1, 0.15) is 11.3 Å². The standard InChI is InChI=1S/C13H10BrNO3/c1-8-4-5-11(9(7-8)13(16)17)18-12-10(14)3-2-6-15-12/h2-7H,1H3,(H,16,17). The third kappa shape index (κ3) is 2.68. The van der Waals surface area contributed by atoms with Crippen LogP contribution in [0.1, 0.15) is 15.9 Å². The largest absolute Gasteiger partial charge is 0.478 e. The third-order valence-electron chi connectivity index (χ3n) is 2.30. The lowest BCUT2D eigenvalue weighted by Gasteiger charge is -2.09. The number of rotatable bonds is 3.